The Hall–Kier alpha value is -1.63. The molecule has 0 aromatic heterocycles. The average molecular weight is 349 g/mol. The van der Waals surface area contributed by atoms with Crippen LogP contribution in [-0.4, -0.2) is 42.3 Å². The van der Waals surface area contributed by atoms with Gasteiger partial charge in [0.25, 0.3) is 0 Å². The highest BCUT2D eigenvalue weighted by Crippen LogP contribution is 2.32. The Bertz CT molecular complexity index is 592. The maximum atomic E-state index is 11.2. The van der Waals surface area contributed by atoms with Crippen molar-refractivity contribution >= 4 is 5.91 Å². The van der Waals surface area contributed by atoms with Crippen molar-refractivity contribution in [2.75, 3.05) is 20.1 Å². The standard InChI is InChI=1S/C19H31N3O3/c1-5-14-9-10-17(25-21-13(3)23)15(6-2)19(14)16(20-4)12-22-11-7-8-18(22)24/h9-10,16,18,20,24H,5-8,11-12H2,1-4H3,(H,21,23)/t16-,18+/m1/s1. The second kappa shape index (κ2) is 9.17. The van der Waals surface area contributed by atoms with Crippen LogP contribution in [0.25, 0.3) is 0 Å². The lowest BCUT2D eigenvalue weighted by molar-refractivity contribution is -0.125. The van der Waals surface area contributed by atoms with Gasteiger partial charge in [-0.15, -0.1) is 0 Å². The number of hydrogen-bond acceptors (Lipinski definition) is 5. The first-order valence-corrected chi connectivity index (χ1v) is 9.19. The highest BCUT2D eigenvalue weighted by Gasteiger charge is 2.27. The molecule has 1 aromatic rings. The number of hydroxylamine groups is 1. The second-order valence-corrected chi connectivity index (χ2v) is 6.54. The molecule has 0 radical (unpaired) electrons. The fraction of sp³-hybridized carbons (Fsp3) is 0.632. The van der Waals surface area contributed by atoms with Gasteiger partial charge in [-0.05, 0) is 49.9 Å². The van der Waals surface area contributed by atoms with Crippen LogP contribution in [0.2, 0.25) is 0 Å². The summed E-state index contributed by atoms with van der Waals surface area (Å²) in [5.74, 6) is 0.459. The lowest BCUT2D eigenvalue weighted by Crippen LogP contribution is -2.37. The van der Waals surface area contributed by atoms with Gasteiger partial charge >= 0.3 is 0 Å². The number of amides is 1. The van der Waals surface area contributed by atoms with Crippen LogP contribution < -0.4 is 15.6 Å². The van der Waals surface area contributed by atoms with E-state index in [-0.39, 0.29) is 18.2 Å². The fourth-order valence-electron chi connectivity index (χ4n) is 3.61. The summed E-state index contributed by atoms with van der Waals surface area (Å²) in [6.45, 7) is 7.34. The molecule has 2 atom stereocenters. The summed E-state index contributed by atoms with van der Waals surface area (Å²) >= 11 is 0. The Kier molecular flexibility index (Phi) is 7.23. The SMILES string of the molecule is CCc1ccc(ONC(C)=O)c(CC)c1[C@@H](CN1CCC[C@@H]1O)NC. The Morgan fingerprint density at radius 1 is 1.40 bits per heavy atom. The van der Waals surface area contributed by atoms with Crippen LogP contribution in [0, 0.1) is 0 Å². The molecule has 6 heteroatoms. The van der Waals surface area contributed by atoms with Gasteiger partial charge in [-0.25, -0.2) is 0 Å². The number of benzene rings is 1. The molecule has 0 unspecified atom stereocenters. The van der Waals surface area contributed by atoms with E-state index in [1.807, 2.05) is 13.1 Å². The summed E-state index contributed by atoms with van der Waals surface area (Å²) in [6, 6.07) is 4.09. The maximum absolute atomic E-state index is 11.2. The third-order valence-corrected chi connectivity index (χ3v) is 4.89. The molecule has 3 N–H and O–H groups in total. The van der Waals surface area contributed by atoms with Gasteiger partial charge in [0.1, 0.15) is 6.23 Å². The highest BCUT2D eigenvalue weighted by atomic mass is 16.7. The third kappa shape index (κ3) is 4.71. The van der Waals surface area contributed by atoms with Crippen molar-refractivity contribution in [1.29, 1.82) is 0 Å². The van der Waals surface area contributed by atoms with E-state index in [0.29, 0.717) is 5.75 Å². The smallest absolute Gasteiger partial charge is 0.249 e. The van der Waals surface area contributed by atoms with Gasteiger partial charge in [0, 0.05) is 31.6 Å². The van der Waals surface area contributed by atoms with Crippen LogP contribution in [0.3, 0.4) is 0 Å². The number of aliphatic hydroxyl groups excluding tert-OH is 1. The predicted octanol–water partition coefficient (Wildman–Crippen LogP) is 1.92. The van der Waals surface area contributed by atoms with E-state index in [1.165, 1.54) is 18.1 Å². The summed E-state index contributed by atoms with van der Waals surface area (Å²) in [7, 11) is 1.95. The first kappa shape index (κ1) is 19.7. The molecule has 0 aliphatic carbocycles. The molecular formula is C19H31N3O3. The molecule has 0 saturated carbocycles. The van der Waals surface area contributed by atoms with Gasteiger partial charge in [0.2, 0.25) is 5.91 Å². The van der Waals surface area contributed by atoms with E-state index in [9.17, 15) is 9.90 Å². The Labute approximate surface area is 150 Å². The number of rotatable bonds is 8. The van der Waals surface area contributed by atoms with Gasteiger partial charge in [-0.1, -0.05) is 19.9 Å². The molecule has 0 bridgehead atoms. The third-order valence-electron chi connectivity index (χ3n) is 4.89. The van der Waals surface area contributed by atoms with Crippen molar-refractivity contribution in [1.82, 2.24) is 15.7 Å². The van der Waals surface area contributed by atoms with Crippen LogP contribution in [0.4, 0.5) is 0 Å². The number of nitrogens with zero attached hydrogens (tertiary/aromatic N) is 1. The molecule has 1 saturated heterocycles. The lowest BCUT2D eigenvalue weighted by atomic mass is 9.91. The van der Waals surface area contributed by atoms with E-state index >= 15 is 0 Å². The Morgan fingerprint density at radius 3 is 2.68 bits per heavy atom. The minimum Gasteiger partial charge on any atom is -0.379 e. The normalized spacial score (nSPS) is 19.0. The molecule has 0 spiro atoms. The summed E-state index contributed by atoms with van der Waals surface area (Å²) in [6.07, 6.45) is 3.24. The number of likely N-dealkylation sites (tertiary alicyclic amines) is 1. The molecule has 25 heavy (non-hydrogen) atoms. The number of carbonyl (C=O) groups excluding carboxylic acids is 1. The predicted molar refractivity (Wildman–Crippen MR) is 98.3 cm³/mol. The number of likely N-dealkylation sites (N-methyl/N-ethyl adjacent to an activating group) is 1. The average Bonchev–Trinajstić information content (AvgIpc) is 3.01. The summed E-state index contributed by atoms with van der Waals surface area (Å²) in [5.41, 5.74) is 6.01. The topological polar surface area (TPSA) is 73.8 Å². The Morgan fingerprint density at radius 2 is 2.16 bits per heavy atom. The van der Waals surface area contributed by atoms with Crippen molar-refractivity contribution < 1.29 is 14.7 Å². The number of nitrogens with one attached hydrogen (secondary N) is 2. The zero-order valence-corrected chi connectivity index (χ0v) is 15.8. The summed E-state index contributed by atoms with van der Waals surface area (Å²) in [5, 5.41) is 13.6. The molecule has 1 aromatic carbocycles. The van der Waals surface area contributed by atoms with E-state index in [1.54, 1.807) is 0 Å². The molecule has 1 aliphatic rings. The number of carbonyl (C=O) groups is 1. The molecule has 2 rings (SSSR count). The van der Waals surface area contributed by atoms with Crippen molar-refractivity contribution in [2.45, 2.75) is 58.7 Å². The van der Waals surface area contributed by atoms with Crippen molar-refractivity contribution in [3.63, 3.8) is 0 Å². The minimum atomic E-state index is -0.357. The maximum Gasteiger partial charge on any atom is 0.249 e. The first-order chi connectivity index (χ1) is 12.0. The van der Waals surface area contributed by atoms with E-state index < -0.39 is 0 Å². The minimum absolute atomic E-state index is 0.0959. The number of aryl methyl sites for hydroxylation is 1. The zero-order valence-electron chi connectivity index (χ0n) is 15.8. The first-order valence-electron chi connectivity index (χ1n) is 9.19. The van der Waals surface area contributed by atoms with Crippen molar-refractivity contribution in [3.05, 3.63) is 28.8 Å². The van der Waals surface area contributed by atoms with Crippen molar-refractivity contribution in [2.24, 2.45) is 0 Å². The van der Waals surface area contributed by atoms with Crippen LogP contribution in [-0.2, 0) is 17.6 Å². The molecule has 1 fully saturated rings. The van der Waals surface area contributed by atoms with Crippen LogP contribution in [0.15, 0.2) is 12.1 Å². The second-order valence-electron chi connectivity index (χ2n) is 6.54. The van der Waals surface area contributed by atoms with Crippen LogP contribution >= 0.6 is 0 Å². The quantitative estimate of drug-likeness (QED) is 0.625. The summed E-state index contributed by atoms with van der Waals surface area (Å²) in [4.78, 5) is 18.8. The number of aliphatic hydroxyl groups is 1. The van der Waals surface area contributed by atoms with Crippen LogP contribution in [0.1, 0.15) is 56.3 Å². The fourth-order valence-corrected chi connectivity index (χ4v) is 3.61. The molecule has 140 valence electrons. The zero-order chi connectivity index (χ0) is 18.4. The van der Waals surface area contributed by atoms with Gasteiger partial charge in [0.15, 0.2) is 5.75 Å². The van der Waals surface area contributed by atoms with Crippen molar-refractivity contribution in [3.8, 4) is 5.75 Å². The Balaban J connectivity index is 2.36. The van der Waals surface area contributed by atoms with E-state index in [4.69, 9.17) is 4.84 Å². The summed E-state index contributed by atoms with van der Waals surface area (Å²) < 4.78 is 0. The molecule has 1 aliphatic heterocycles. The van der Waals surface area contributed by atoms with E-state index in [2.05, 4.69) is 35.6 Å². The molecular weight excluding hydrogens is 318 g/mol. The van der Waals surface area contributed by atoms with Gasteiger partial charge in [-0.3, -0.25) is 9.69 Å². The van der Waals surface area contributed by atoms with Crippen LogP contribution in [0.5, 0.6) is 5.75 Å². The van der Waals surface area contributed by atoms with E-state index in [0.717, 1.165) is 44.3 Å². The molecule has 1 amide bonds. The molecule has 1 heterocycles. The lowest BCUT2D eigenvalue weighted by Gasteiger charge is -2.29. The highest BCUT2D eigenvalue weighted by molar-refractivity contribution is 5.71. The monoisotopic (exact) mass is 349 g/mol. The van der Waals surface area contributed by atoms with Gasteiger partial charge in [-0.2, -0.15) is 5.48 Å². The largest absolute Gasteiger partial charge is 0.379 e. The van der Waals surface area contributed by atoms with Gasteiger partial charge < -0.3 is 15.3 Å². The molecule has 6 nitrogen and oxygen atoms in total. The van der Waals surface area contributed by atoms with Gasteiger partial charge in [0.05, 0.1) is 0 Å². The number of hydrogen-bond donors (Lipinski definition) is 3.